The fraction of sp³-hybridized carbons (Fsp3) is 0.583. The van der Waals surface area contributed by atoms with Gasteiger partial charge in [-0.1, -0.05) is 27.4 Å². The summed E-state index contributed by atoms with van der Waals surface area (Å²) >= 11 is 0. The van der Waals surface area contributed by atoms with Gasteiger partial charge in [-0.25, -0.2) is 0 Å². The van der Waals surface area contributed by atoms with Crippen LogP contribution in [0, 0.1) is 5.41 Å². The molecule has 1 aliphatic rings. The SMILES string of the molecule is C=C1CC(C)(C)C(NCCC)=CC1=O. The predicted molar refractivity (Wildman–Crippen MR) is 58.9 cm³/mol. The Balaban J connectivity index is 2.84. The van der Waals surface area contributed by atoms with Gasteiger partial charge >= 0.3 is 0 Å². The zero-order valence-electron chi connectivity index (χ0n) is 9.31. The summed E-state index contributed by atoms with van der Waals surface area (Å²) in [5, 5.41) is 3.31. The zero-order chi connectivity index (χ0) is 10.8. The molecule has 0 amide bonds. The zero-order valence-corrected chi connectivity index (χ0v) is 9.31. The quantitative estimate of drug-likeness (QED) is 0.697. The van der Waals surface area contributed by atoms with Crippen LogP contribution in [0.15, 0.2) is 23.9 Å². The highest BCUT2D eigenvalue weighted by Gasteiger charge is 2.30. The van der Waals surface area contributed by atoms with Crippen LogP contribution in [0.25, 0.3) is 0 Å². The standard InChI is InChI=1S/C12H19NO/c1-5-6-13-11-7-10(14)9(2)8-12(11,3)4/h7,13H,2,5-6,8H2,1,3-4H3. The normalized spacial score (nSPS) is 20.6. The second-order valence-corrected chi connectivity index (χ2v) is 4.51. The summed E-state index contributed by atoms with van der Waals surface area (Å²) in [5.74, 6) is 0.0722. The Morgan fingerprint density at radius 3 is 2.79 bits per heavy atom. The van der Waals surface area contributed by atoms with E-state index in [0.29, 0.717) is 0 Å². The minimum absolute atomic E-state index is 0.0279. The number of allylic oxidation sites excluding steroid dienone is 3. The largest absolute Gasteiger partial charge is 0.388 e. The fourth-order valence-electron chi connectivity index (χ4n) is 1.69. The second-order valence-electron chi connectivity index (χ2n) is 4.51. The first-order chi connectivity index (χ1) is 6.47. The van der Waals surface area contributed by atoms with Gasteiger partial charge in [0, 0.05) is 23.7 Å². The van der Waals surface area contributed by atoms with Gasteiger partial charge in [0.1, 0.15) is 0 Å². The van der Waals surface area contributed by atoms with E-state index in [0.717, 1.165) is 30.7 Å². The number of nitrogens with one attached hydrogen (secondary N) is 1. The van der Waals surface area contributed by atoms with E-state index in [2.05, 4.69) is 32.7 Å². The van der Waals surface area contributed by atoms with Gasteiger partial charge < -0.3 is 5.32 Å². The van der Waals surface area contributed by atoms with Gasteiger partial charge in [0.25, 0.3) is 0 Å². The van der Waals surface area contributed by atoms with Crippen molar-refractivity contribution in [3.63, 3.8) is 0 Å². The molecule has 0 atom stereocenters. The number of ketones is 1. The number of rotatable bonds is 3. The third-order valence-electron chi connectivity index (χ3n) is 2.57. The van der Waals surface area contributed by atoms with E-state index in [1.807, 2.05) is 0 Å². The molecule has 78 valence electrons. The molecule has 0 aliphatic heterocycles. The molecular weight excluding hydrogens is 174 g/mol. The lowest BCUT2D eigenvalue weighted by molar-refractivity contribution is -0.112. The summed E-state index contributed by atoms with van der Waals surface area (Å²) in [6, 6.07) is 0. The molecular formula is C12H19NO. The molecule has 1 N–H and O–H groups in total. The van der Waals surface area contributed by atoms with Crippen molar-refractivity contribution in [2.24, 2.45) is 5.41 Å². The molecule has 0 aromatic rings. The van der Waals surface area contributed by atoms with E-state index in [1.165, 1.54) is 0 Å². The molecule has 1 aliphatic carbocycles. The molecule has 0 saturated heterocycles. The summed E-state index contributed by atoms with van der Waals surface area (Å²) in [5.41, 5.74) is 1.80. The molecule has 0 heterocycles. The van der Waals surface area contributed by atoms with Crippen molar-refractivity contribution >= 4 is 5.78 Å². The molecule has 0 radical (unpaired) electrons. The molecule has 0 bridgehead atoms. The molecule has 2 heteroatoms. The molecule has 2 nitrogen and oxygen atoms in total. The van der Waals surface area contributed by atoms with Crippen LogP contribution in [0.1, 0.15) is 33.6 Å². The van der Waals surface area contributed by atoms with Crippen molar-refractivity contribution in [3.8, 4) is 0 Å². The third-order valence-corrected chi connectivity index (χ3v) is 2.57. The molecule has 0 unspecified atom stereocenters. The van der Waals surface area contributed by atoms with Crippen molar-refractivity contribution in [1.29, 1.82) is 0 Å². The van der Waals surface area contributed by atoms with Gasteiger partial charge in [0.05, 0.1) is 0 Å². The van der Waals surface area contributed by atoms with Crippen molar-refractivity contribution in [1.82, 2.24) is 5.32 Å². The highest BCUT2D eigenvalue weighted by molar-refractivity contribution is 6.05. The van der Waals surface area contributed by atoms with Crippen molar-refractivity contribution < 1.29 is 4.79 Å². The lowest BCUT2D eigenvalue weighted by atomic mass is 9.77. The van der Waals surface area contributed by atoms with Crippen LogP contribution in [0.4, 0.5) is 0 Å². The van der Waals surface area contributed by atoms with Crippen molar-refractivity contribution in [3.05, 3.63) is 23.9 Å². The number of hydrogen-bond donors (Lipinski definition) is 1. The Hall–Kier alpha value is -1.05. The van der Waals surface area contributed by atoms with Gasteiger partial charge in [0.2, 0.25) is 0 Å². The van der Waals surface area contributed by atoms with Gasteiger partial charge in [-0.2, -0.15) is 0 Å². The summed E-state index contributed by atoms with van der Waals surface area (Å²) in [6.45, 7) is 11.1. The maximum Gasteiger partial charge on any atom is 0.182 e. The Kier molecular flexibility index (Phi) is 3.14. The summed E-state index contributed by atoms with van der Waals surface area (Å²) < 4.78 is 0. The number of carbonyl (C=O) groups excluding carboxylic acids is 1. The van der Waals surface area contributed by atoms with Crippen LogP contribution in [0.5, 0.6) is 0 Å². The average Bonchev–Trinajstić information content (AvgIpc) is 2.08. The van der Waals surface area contributed by atoms with Crippen LogP contribution < -0.4 is 5.32 Å². The Labute approximate surface area is 86.1 Å². The Morgan fingerprint density at radius 2 is 2.21 bits per heavy atom. The van der Waals surface area contributed by atoms with Gasteiger partial charge in [-0.15, -0.1) is 0 Å². The first kappa shape index (κ1) is 11.0. The highest BCUT2D eigenvalue weighted by atomic mass is 16.1. The lowest BCUT2D eigenvalue weighted by Crippen LogP contribution is -2.32. The summed E-state index contributed by atoms with van der Waals surface area (Å²) in [4.78, 5) is 11.4. The van der Waals surface area contributed by atoms with Crippen LogP contribution >= 0.6 is 0 Å². The van der Waals surface area contributed by atoms with E-state index < -0.39 is 0 Å². The van der Waals surface area contributed by atoms with E-state index in [9.17, 15) is 4.79 Å². The average molecular weight is 193 g/mol. The first-order valence-electron chi connectivity index (χ1n) is 5.15. The Bertz CT molecular complexity index is 287. The van der Waals surface area contributed by atoms with Crippen LogP contribution in [-0.4, -0.2) is 12.3 Å². The highest BCUT2D eigenvalue weighted by Crippen LogP contribution is 2.35. The van der Waals surface area contributed by atoms with Crippen molar-refractivity contribution in [2.75, 3.05) is 6.54 Å². The second kappa shape index (κ2) is 3.99. The molecule has 1 rings (SSSR count). The van der Waals surface area contributed by atoms with E-state index >= 15 is 0 Å². The fourth-order valence-corrected chi connectivity index (χ4v) is 1.69. The van der Waals surface area contributed by atoms with Crippen LogP contribution in [0.3, 0.4) is 0 Å². The van der Waals surface area contributed by atoms with Crippen molar-refractivity contribution in [2.45, 2.75) is 33.6 Å². The molecule has 0 fully saturated rings. The van der Waals surface area contributed by atoms with Gasteiger partial charge in [0.15, 0.2) is 5.78 Å². The van der Waals surface area contributed by atoms with Crippen LogP contribution in [-0.2, 0) is 4.79 Å². The molecule has 0 spiro atoms. The molecule has 0 saturated carbocycles. The van der Waals surface area contributed by atoms with E-state index in [4.69, 9.17) is 0 Å². The number of hydrogen-bond acceptors (Lipinski definition) is 2. The maximum absolute atomic E-state index is 11.4. The molecule has 0 aromatic carbocycles. The molecule has 14 heavy (non-hydrogen) atoms. The maximum atomic E-state index is 11.4. The third kappa shape index (κ3) is 2.25. The topological polar surface area (TPSA) is 29.1 Å². The minimum Gasteiger partial charge on any atom is -0.388 e. The minimum atomic E-state index is 0.0279. The van der Waals surface area contributed by atoms with E-state index in [1.54, 1.807) is 6.08 Å². The smallest absolute Gasteiger partial charge is 0.182 e. The van der Waals surface area contributed by atoms with E-state index in [-0.39, 0.29) is 11.2 Å². The predicted octanol–water partition coefficient (Wildman–Crippen LogP) is 2.43. The van der Waals surface area contributed by atoms with Crippen LogP contribution in [0.2, 0.25) is 0 Å². The van der Waals surface area contributed by atoms with Gasteiger partial charge in [-0.05, 0) is 18.4 Å². The number of carbonyl (C=O) groups is 1. The first-order valence-corrected chi connectivity index (χ1v) is 5.15. The Morgan fingerprint density at radius 1 is 1.57 bits per heavy atom. The lowest BCUT2D eigenvalue weighted by Gasteiger charge is -2.32. The summed E-state index contributed by atoms with van der Waals surface area (Å²) in [7, 11) is 0. The van der Waals surface area contributed by atoms with Gasteiger partial charge in [-0.3, -0.25) is 4.79 Å². The molecule has 0 aromatic heterocycles. The monoisotopic (exact) mass is 193 g/mol. The summed E-state index contributed by atoms with van der Waals surface area (Å²) in [6.07, 6.45) is 3.53.